The molecule has 0 spiro atoms. The van der Waals surface area contributed by atoms with Crippen molar-refractivity contribution in [1.82, 2.24) is 15.0 Å². The molecule has 1 aliphatic rings. The summed E-state index contributed by atoms with van der Waals surface area (Å²) in [7, 11) is 0. The van der Waals surface area contributed by atoms with Crippen molar-refractivity contribution in [3.63, 3.8) is 0 Å². The number of nitrogens with zero attached hydrogens (tertiary/aromatic N) is 3. The molecule has 1 N–H and O–H groups in total. The molecule has 0 fully saturated rings. The van der Waals surface area contributed by atoms with Crippen LogP contribution in [0.4, 0.5) is 5.69 Å². The summed E-state index contributed by atoms with van der Waals surface area (Å²) in [6.07, 6.45) is 2.90. The predicted molar refractivity (Wildman–Crippen MR) is 123 cm³/mol. The SMILES string of the molecule is CCOc1ccc(NC(=O)Cn2nnc3sc4c(c3c2=O)CCC(C(C)(C)C)C4)cc1. The number of aryl methyl sites for hydroxylation is 1. The number of benzene rings is 1. The van der Waals surface area contributed by atoms with Gasteiger partial charge in [-0.2, -0.15) is 0 Å². The maximum absolute atomic E-state index is 13.1. The lowest BCUT2D eigenvalue weighted by molar-refractivity contribution is -0.117. The Bertz CT molecular complexity index is 1160. The zero-order valence-electron chi connectivity index (χ0n) is 18.4. The normalized spacial score (nSPS) is 16.2. The highest BCUT2D eigenvalue weighted by molar-refractivity contribution is 7.18. The quantitative estimate of drug-likeness (QED) is 0.647. The third kappa shape index (κ3) is 4.49. The molecule has 0 saturated carbocycles. The molecule has 0 bridgehead atoms. The zero-order valence-corrected chi connectivity index (χ0v) is 19.2. The standard InChI is InChI=1S/C23H28N4O3S/c1-5-30-16-9-7-15(8-10-16)24-19(28)13-27-22(29)20-17-11-6-14(23(2,3)4)12-18(17)31-21(20)25-26-27/h7-10,14H,5-6,11-13H2,1-4H3,(H,24,28). The minimum absolute atomic E-state index is 0.176. The Morgan fingerprint density at radius 2 is 2.03 bits per heavy atom. The summed E-state index contributed by atoms with van der Waals surface area (Å²) in [6, 6.07) is 7.11. The van der Waals surface area contributed by atoms with E-state index in [4.69, 9.17) is 4.74 Å². The van der Waals surface area contributed by atoms with E-state index >= 15 is 0 Å². The number of nitrogens with one attached hydrogen (secondary N) is 1. The number of fused-ring (bicyclic) bond motifs is 3. The molecule has 2 aromatic heterocycles. The number of carbonyl (C=O) groups excluding carboxylic acids is 1. The minimum atomic E-state index is -0.322. The number of aromatic nitrogens is 3. The van der Waals surface area contributed by atoms with Gasteiger partial charge in [0.25, 0.3) is 5.56 Å². The van der Waals surface area contributed by atoms with E-state index in [1.807, 2.05) is 6.92 Å². The Morgan fingerprint density at radius 3 is 2.71 bits per heavy atom. The van der Waals surface area contributed by atoms with E-state index in [1.54, 1.807) is 35.6 Å². The van der Waals surface area contributed by atoms with Gasteiger partial charge < -0.3 is 10.1 Å². The van der Waals surface area contributed by atoms with Crippen molar-refractivity contribution in [1.29, 1.82) is 0 Å². The van der Waals surface area contributed by atoms with Gasteiger partial charge in [0.05, 0.1) is 12.0 Å². The summed E-state index contributed by atoms with van der Waals surface area (Å²) in [6.45, 7) is 9.13. The lowest BCUT2D eigenvalue weighted by Gasteiger charge is -2.33. The van der Waals surface area contributed by atoms with Gasteiger partial charge in [-0.25, -0.2) is 4.68 Å². The van der Waals surface area contributed by atoms with Crippen LogP contribution in [0.5, 0.6) is 5.75 Å². The first kappa shape index (κ1) is 21.5. The number of anilines is 1. The summed E-state index contributed by atoms with van der Waals surface area (Å²) in [5.41, 5.74) is 1.73. The highest BCUT2D eigenvalue weighted by Crippen LogP contribution is 2.41. The second-order valence-corrected chi connectivity index (χ2v) is 10.1. The van der Waals surface area contributed by atoms with Crippen molar-refractivity contribution >= 4 is 33.1 Å². The molecule has 8 heteroatoms. The second-order valence-electron chi connectivity index (χ2n) is 9.05. The number of amides is 1. The van der Waals surface area contributed by atoms with Crippen LogP contribution in [0.25, 0.3) is 10.2 Å². The predicted octanol–water partition coefficient (Wildman–Crippen LogP) is 4.04. The van der Waals surface area contributed by atoms with Crippen molar-refractivity contribution in [2.75, 3.05) is 11.9 Å². The molecule has 1 aliphatic carbocycles. The van der Waals surface area contributed by atoms with Gasteiger partial charge in [0, 0.05) is 10.6 Å². The van der Waals surface area contributed by atoms with Gasteiger partial charge in [-0.3, -0.25) is 9.59 Å². The maximum Gasteiger partial charge on any atom is 0.279 e. The van der Waals surface area contributed by atoms with Crippen LogP contribution in [0.3, 0.4) is 0 Å². The third-order valence-corrected chi connectivity index (χ3v) is 7.04. The van der Waals surface area contributed by atoms with Crippen molar-refractivity contribution in [3.8, 4) is 5.75 Å². The summed E-state index contributed by atoms with van der Waals surface area (Å²) in [5, 5.41) is 11.7. The Labute approximate surface area is 185 Å². The van der Waals surface area contributed by atoms with E-state index < -0.39 is 0 Å². The average Bonchev–Trinajstić information content (AvgIpc) is 3.09. The van der Waals surface area contributed by atoms with Crippen LogP contribution < -0.4 is 15.6 Å². The molecule has 164 valence electrons. The van der Waals surface area contributed by atoms with Crippen molar-refractivity contribution in [3.05, 3.63) is 45.1 Å². The van der Waals surface area contributed by atoms with Gasteiger partial charge in [0.2, 0.25) is 5.91 Å². The minimum Gasteiger partial charge on any atom is -0.494 e. The lowest BCUT2D eigenvalue weighted by Crippen LogP contribution is -2.31. The van der Waals surface area contributed by atoms with Gasteiger partial charge >= 0.3 is 0 Å². The Morgan fingerprint density at radius 1 is 1.29 bits per heavy atom. The second kappa shape index (κ2) is 8.42. The summed E-state index contributed by atoms with van der Waals surface area (Å²) in [5.74, 6) is 1.00. The molecule has 0 radical (unpaired) electrons. The molecule has 3 aromatic rings. The molecule has 7 nitrogen and oxygen atoms in total. The number of hydrogen-bond acceptors (Lipinski definition) is 6. The molecule has 1 amide bonds. The number of thiophene rings is 1. The molecule has 0 aliphatic heterocycles. The molecule has 2 heterocycles. The fourth-order valence-electron chi connectivity index (χ4n) is 4.11. The van der Waals surface area contributed by atoms with Crippen molar-refractivity contribution in [2.24, 2.45) is 11.3 Å². The van der Waals surface area contributed by atoms with Crippen LogP contribution in [0.2, 0.25) is 0 Å². The van der Waals surface area contributed by atoms with Crippen molar-refractivity contribution in [2.45, 2.75) is 53.5 Å². The first-order valence-electron chi connectivity index (χ1n) is 10.7. The van der Waals surface area contributed by atoms with Crippen LogP contribution in [-0.2, 0) is 24.2 Å². The number of carbonyl (C=O) groups is 1. The fourth-order valence-corrected chi connectivity index (χ4v) is 5.34. The Balaban J connectivity index is 1.53. The van der Waals surface area contributed by atoms with Crippen LogP contribution in [0.15, 0.2) is 29.1 Å². The Hall–Kier alpha value is -2.74. The third-order valence-electron chi connectivity index (χ3n) is 5.91. The van der Waals surface area contributed by atoms with E-state index in [-0.39, 0.29) is 23.4 Å². The van der Waals surface area contributed by atoms with E-state index in [9.17, 15) is 9.59 Å². The smallest absolute Gasteiger partial charge is 0.279 e. The first-order chi connectivity index (χ1) is 14.8. The molecule has 0 saturated heterocycles. The van der Waals surface area contributed by atoms with E-state index in [0.717, 1.165) is 35.3 Å². The maximum atomic E-state index is 13.1. The van der Waals surface area contributed by atoms with Crippen molar-refractivity contribution < 1.29 is 9.53 Å². The summed E-state index contributed by atoms with van der Waals surface area (Å²) >= 11 is 1.57. The van der Waals surface area contributed by atoms with Crippen LogP contribution in [0.1, 0.15) is 44.6 Å². The molecular formula is C23H28N4O3S. The van der Waals surface area contributed by atoms with E-state index in [1.165, 1.54) is 4.88 Å². The zero-order chi connectivity index (χ0) is 22.2. The number of ether oxygens (including phenoxy) is 1. The first-order valence-corrected chi connectivity index (χ1v) is 11.5. The summed E-state index contributed by atoms with van der Waals surface area (Å²) < 4.78 is 6.57. The van der Waals surface area contributed by atoms with E-state index in [0.29, 0.717) is 28.4 Å². The van der Waals surface area contributed by atoms with Gasteiger partial charge in [-0.1, -0.05) is 26.0 Å². The number of rotatable bonds is 5. The molecule has 1 aromatic carbocycles. The van der Waals surface area contributed by atoms with Gasteiger partial charge in [0.1, 0.15) is 12.3 Å². The van der Waals surface area contributed by atoms with Crippen LogP contribution in [0, 0.1) is 11.3 Å². The van der Waals surface area contributed by atoms with Gasteiger partial charge in [-0.15, -0.1) is 16.4 Å². The van der Waals surface area contributed by atoms with Crippen LogP contribution in [-0.4, -0.2) is 27.5 Å². The average molecular weight is 441 g/mol. The molecular weight excluding hydrogens is 412 g/mol. The van der Waals surface area contributed by atoms with Gasteiger partial charge in [0.15, 0.2) is 4.83 Å². The van der Waals surface area contributed by atoms with E-state index in [2.05, 4.69) is 36.4 Å². The molecule has 1 unspecified atom stereocenters. The monoisotopic (exact) mass is 440 g/mol. The fraction of sp³-hybridized carbons (Fsp3) is 0.478. The lowest BCUT2D eigenvalue weighted by atomic mass is 9.72. The Kier molecular flexibility index (Phi) is 5.83. The molecule has 31 heavy (non-hydrogen) atoms. The summed E-state index contributed by atoms with van der Waals surface area (Å²) in [4.78, 5) is 27.5. The number of hydrogen-bond donors (Lipinski definition) is 1. The highest BCUT2D eigenvalue weighted by Gasteiger charge is 2.32. The topological polar surface area (TPSA) is 86.1 Å². The highest BCUT2D eigenvalue weighted by atomic mass is 32.1. The largest absolute Gasteiger partial charge is 0.494 e. The molecule has 4 rings (SSSR count). The van der Waals surface area contributed by atoms with Crippen LogP contribution >= 0.6 is 11.3 Å². The van der Waals surface area contributed by atoms with Gasteiger partial charge in [-0.05, 0) is 67.3 Å². The molecule has 1 atom stereocenters.